The fourth-order valence-corrected chi connectivity index (χ4v) is 3.17. The van der Waals surface area contributed by atoms with Gasteiger partial charge in [0.25, 0.3) is 0 Å². The molecule has 1 heterocycles. The predicted molar refractivity (Wildman–Crippen MR) is 82.8 cm³/mol. The molecule has 0 spiro atoms. The highest BCUT2D eigenvalue weighted by atomic mass is 79.9. The number of aryl methyl sites for hydroxylation is 1. The molecule has 110 valence electrons. The normalized spacial score (nSPS) is 17.9. The average Bonchev–Trinajstić information content (AvgIpc) is 2.58. The lowest BCUT2D eigenvalue weighted by molar-refractivity contribution is -0.138. The molecular formula is C15H21BrN2O2. The van der Waals surface area contributed by atoms with E-state index in [1.54, 1.807) is 0 Å². The summed E-state index contributed by atoms with van der Waals surface area (Å²) in [7, 11) is 0. The van der Waals surface area contributed by atoms with Crippen LogP contribution in [0.25, 0.3) is 0 Å². The maximum absolute atomic E-state index is 10.8. The fraction of sp³-hybridized carbons (Fsp3) is 0.533. The van der Waals surface area contributed by atoms with E-state index in [1.165, 1.54) is 11.1 Å². The summed E-state index contributed by atoms with van der Waals surface area (Å²) in [5, 5.41) is 8.86. The Morgan fingerprint density at radius 2 is 1.95 bits per heavy atom. The molecule has 0 saturated carbocycles. The highest BCUT2D eigenvalue weighted by molar-refractivity contribution is 9.10. The predicted octanol–water partition coefficient (Wildman–Crippen LogP) is 2.35. The number of hydrogen-bond acceptors (Lipinski definition) is 3. The minimum Gasteiger partial charge on any atom is -0.480 e. The van der Waals surface area contributed by atoms with Crippen molar-refractivity contribution in [1.82, 2.24) is 9.80 Å². The fourth-order valence-electron chi connectivity index (χ4n) is 2.55. The number of hydrogen-bond donors (Lipinski definition) is 1. The van der Waals surface area contributed by atoms with E-state index in [0.717, 1.165) is 43.6 Å². The van der Waals surface area contributed by atoms with E-state index in [1.807, 2.05) is 4.90 Å². The highest BCUT2D eigenvalue weighted by Gasteiger charge is 2.17. The summed E-state index contributed by atoms with van der Waals surface area (Å²) in [5.74, 6) is -0.736. The lowest BCUT2D eigenvalue weighted by atomic mass is 10.1. The molecular weight excluding hydrogens is 320 g/mol. The van der Waals surface area contributed by atoms with Crippen molar-refractivity contribution in [3.63, 3.8) is 0 Å². The minimum atomic E-state index is -0.736. The number of aliphatic carboxylic acids is 1. The first-order valence-electron chi connectivity index (χ1n) is 6.96. The molecule has 1 fully saturated rings. The maximum Gasteiger partial charge on any atom is 0.317 e. The quantitative estimate of drug-likeness (QED) is 0.913. The van der Waals surface area contributed by atoms with Gasteiger partial charge in [-0.15, -0.1) is 0 Å². The molecule has 1 N–H and O–H groups in total. The molecule has 1 aromatic carbocycles. The van der Waals surface area contributed by atoms with Crippen molar-refractivity contribution < 1.29 is 9.90 Å². The Labute approximate surface area is 128 Å². The molecule has 20 heavy (non-hydrogen) atoms. The number of benzene rings is 1. The number of carbonyl (C=O) groups is 1. The molecule has 5 heteroatoms. The van der Waals surface area contributed by atoms with Gasteiger partial charge in [0.05, 0.1) is 6.54 Å². The number of rotatable bonds is 4. The Balaban J connectivity index is 1.92. The summed E-state index contributed by atoms with van der Waals surface area (Å²) < 4.78 is 1.16. The van der Waals surface area contributed by atoms with Gasteiger partial charge in [-0.25, -0.2) is 0 Å². The second-order valence-electron chi connectivity index (χ2n) is 5.39. The van der Waals surface area contributed by atoms with Crippen LogP contribution in [0.3, 0.4) is 0 Å². The van der Waals surface area contributed by atoms with Gasteiger partial charge < -0.3 is 5.11 Å². The number of carboxylic acids is 1. The van der Waals surface area contributed by atoms with Crippen LogP contribution in [0.2, 0.25) is 0 Å². The van der Waals surface area contributed by atoms with Gasteiger partial charge >= 0.3 is 5.97 Å². The average molecular weight is 341 g/mol. The Hall–Kier alpha value is -0.910. The third-order valence-corrected chi connectivity index (χ3v) is 4.38. The summed E-state index contributed by atoms with van der Waals surface area (Å²) in [4.78, 5) is 15.2. The molecule has 1 aliphatic rings. The first kappa shape index (κ1) is 15.5. The third-order valence-electron chi connectivity index (χ3n) is 3.64. The van der Waals surface area contributed by atoms with E-state index in [-0.39, 0.29) is 6.54 Å². The van der Waals surface area contributed by atoms with Gasteiger partial charge in [0.1, 0.15) is 0 Å². The van der Waals surface area contributed by atoms with Crippen LogP contribution < -0.4 is 0 Å². The van der Waals surface area contributed by atoms with Crippen LogP contribution in [0.15, 0.2) is 22.7 Å². The molecule has 0 radical (unpaired) electrons. The smallest absolute Gasteiger partial charge is 0.317 e. The zero-order valence-electron chi connectivity index (χ0n) is 11.8. The second-order valence-corrected chi connectivity index (χ2v) is 6.25. The van der Waals surface area contributed by atoms with Gasteiger partial charge in [0.2, 0.25) is 0 Å². The summed E-state index contributed by atoms with van der Waals surface area (Å²) in [6, 6.07) is 6.44. The highest BCUT2D eigenvalue weighted by Crippen LogP contribution is 2.20. The Morgan fingerprint density at radius 3 is 2.65 bits per heavy atom. The van der Waals surface area contributed by atoms with Gasteiger partial charge in [0.15, 0.2) is 0 Å². The molecule has 1 aromatic rings. The molecule has 1 saturated heterocycles. The first-order valence-corrected chi connectivity index (χ1v) is 7.75. The monoisotopic (exact) mass is 340 g/mol. The van der Waals surface area contributed by atoms with Gasteiger partial charge in [-0.1, -0.05) is 28.1 Å². The van der Waals surface area contributed by atoms with Gasteiger partial charge in [-0.3, -0.25) is 14.6 Å². The van der Waals surface area contributed by atoms with Crippen LogP contribution in [-0.4, -0.2) is 53.6 Å². The van der Waals surface area contributed by atoms with E-state index >= 15 is 0 Å². The summed E-state index contributed by atoms with van der Waals surface area (Å²) in [5.41, 5.74) is 2.55. The molecule has 2 rings (SSSR count). The second kappa shape index (κ2) is 7.20. The molecule has 0 aliphatic carbocycles. The summed E-state index contributed by atoms with van der Waals surface area (Å²) >= 11 is 3.62. The molecule has 0 bridgehead atoms. The zero-order valence-corrected chi connectivity index (χ0v) is 13.4. The van der Waals surface area contributed by atoms with Crippen molar-refractivity contribution in [2.24, 2.45) is 0 Å². The van der Waals surface area contributed by atoms with Crippen molar-refractivity contribution in [2.75, 3.05) is 32.7 Å². The standard InChI is InChI=1S/C15H21BrN2O2/c1-12-3-4-13(14(16)9-12)10-17-5-2-6-18(8-7-17)11-15(19)20/h3-4,9H,2,5-8,10-11H2,1H3,(H,19,20). The van der Waals surface area contributed by atoms with E-state index in [4.69, 9.17) is 5.11 Å². The van der Waals surface area contributed by atoms with Crippen molar-refractivity contribution in [3.05, 3.63) is 33.8 Å². The van der Waals surface area contributed by atoms with Gasteiger partial charge in [-0.2, -0.15) is 0 Å². The Bertz CT molecular complexity index is 479. The van der Waals surface area contributed by atoms with Crippen molar-refractivity contribution in [2.45, 2.75) is 19.9 Å². The van der Waals surface area contributed by atoms with Crippen molar-refractivity contribution >= 4 is 21.9 Å². The first-order chi connectivity index (χ1) is 9.54. The lowest BCUT2D eigenvalue weighted by Crippen LogP contribution is -2.34. The molecule has 0 aromatic heterocycles. The molecule has 0 amide bonds. The van der Waals surface area contributed by atoms with E-state index < -0.39 is 5.97 Å². The van der Waals surface area contributed by atoms with Crippen LogP contribution in [-0.2, 0) is 11.3 Å². The summed E-state index contributed by atoms with van der Waals surface area (Å²) in [6.45, 7) is 6.81. The molecule has 0 unspecified atom stereocenters. The van der Waals surface area contributed by atoms with Crippen LogP contribution >= 0.6 is 15.9 Å². The van der Waals surface area contributed by atoms with Gasteiger partial charge in [-0.05, 0) is 37.1 Å². The Kier molecular flexibility index (Phi) is 5.57. The molecule has 4 nitrogen and oxygen atoms in total. The summed E-state index contributed by atoms with van der Waals surface area (Å²) in [6.07, 6.45) is 1.02. The minimum absolute atomic E-state index is 0.155. The number of halogens is 1. The van der Waals surface area contributed by atoms with Crippen LogP contribution in [0.4, 0.5) is 0 Å². The zero-order chi connectivity index (χ0) is 14.5. The van der Waals surface area contributed by atoms with Crippen molar-refractivity contribution in [1.29, 1.82) is 0 Å². The van der Waals surface area contributed by atoms with Gasteiger partial charge in [0, 0.05) is 30.7 Å². The van der Waals surface area contributed by atoms with Crippen molar-refractivity contribution in [3.8, 4) is 0 Å². The molecule has 1 aliphatic heterocycles. The Morgan fingerprint density at radius 1 is 1.25 bits per heavy atom. The van der Waals surface area contributed by atoms with Crippen LogP contribution in [0, 0.1) is 6.92 Å². The molecule has 0 atom stereocenters. The maximum atomic E-state index is 10.8. The largest absolute Gasteiger partial charge is 0.480 e. The van der Waals surface area contributed by atoms with Crippen LogP contribution in [0.1, 0.15) is 17.5 Å². The SMILES string of the molecule is Cc1ccc(CN2CCCN(CC(=O)O)CC2)c(Br)c1. The third kappa shape index (κ3) is 4.58. The van der Waals surface area contributed by atoms with E-state index in [0.29, 0.717) is 0 Å². The topological polar surface area (TPSA) is 43.8 Å². The number of nitrogens with zero attached hydrogens (tertiary/aromatic N) is 2. The van der Waals surface area contributed by atoms with Crippen LogP contribution in [0.5, 0.6) is 0 Å². The van der Waals surface area contributed by atoms with E-state index in [2.05, 4.69) is 46.0 Å². The lowest BCUT2D eigenvalue weighted by Gasteiger charge is -2.21. The van der Waals surface area contributed by atoms with E-state index in [9.17, 15) is 4.79 Å². The number of carboxylic acid groups (broad SMARTS) is 1.